The summed E-state index contributed by atoms with van der Waals surface area (Å²) in [4.78, 5) is 34.7. The number of rotatable bonds is 34. The fourth-order valence-corrected chi connectivity index (χ4v) is 5.48. The molecule has 0 aromatic carbocycles. The fraction of sp³-hybridized carbons (Fsp3) is 0.833. The first kappa shape index (κ1) is 45.5. The van der Waals surface area contributed by atoms with Crippen molar-refractivity contribution in [2.45, 2.75) is 167 Å². The average molecular weight is 691 g/mol. The summed E-state index contributed by atoms with van der Waals surface area (Å²) in [5.74, 6) is -0.948. The number of aliphatic hydroxyl groups is 2. The zero-order chi connectivity index (χ0) is 34.9. The molecular formula is C36H67O10P. The molecule has 0 radical (unpaired) electrons. The number of ether oxygens (including phenoxy) is 2. The number of esters is 2. The number of carbonyl (C=O) groups excluding carboxylic acids is 2. The molecule has 0 rings (SSSR count). The molecule has 0 spiro atoms. The van der Waals surface area contributed by atoms with Crippen LogP contribution in [-0.2, 0) is 32.7 Å². The van der Waals surface area contributed by atoms with Gasteiger partial charge in [-0.25, -0.2) is 4.57 Å². The summed E-state index contributed by atoms with van der Waals surface area (Å²) in [6.45, 7) is 2.28. The number of phosphoric ester groups is 1. The van der Waals surface area contributed by atoms with Gasteiger partial charge in [0.2, 0.25) is 0 Å². The summed E-state index contributed by atoms with van der Waals surface area (Å²) in [5.41, 5.74) is 0. The lowest BCUT2D eigenvalue weighted by Gasteiger charge is -2.20. The van der Waals surface area contributed by atoms with Gasteiger partial charge in [-0.15, -0.1) is 0 Å². The van der Waals surface area contributed by atoms with E-state index in [0.717, 1.165) is 77.0 Å². The summed E-state index contributed by atoms with van der Waals surface area (Å²) in [6, 6.07) is 0. The zero-order valence-corrected chi connectivity index (χ0v) is 30.4. The third kappa shape index (κ3) is 32.8. The SMILES string of the molecule is CCCCC/C=C/CCCCCCCC(=O)OC[C@H](COP(=O)(O)OC[C@@H](O)CO)OC(=O)CCCCCCC/C=C/CCCCC. The van der Waals surface area contributed by atoms with Crippen molar-refractivity contribution in [3.8, 4) is 0 Å². The van der Waals surface area contributed by atoms with Gasteiger partial charge in [0.1, 0.15) is 12.7 Å². The van der Waals surface area contributed by atoms with E-state index in [1.54, 1.807) is 0 Å². The topological polar surface area (TPSA) is 149 Å². The van der Waals surface area contributed by atoms with Crippen LogP contribution in [0, 0.1) is 0 Å². The van der Waals surface area contributed by atoms with E-state index in [2.05, 4.69) is 42.7 Å². The van der Waals surface area contributed by atoms with Gasteiger partial charge in [0.25, 0.3) is 0 Å². The molecule has 0 aromatic rings. The summed E-state index contributed by atoms with van der Waals surface area (Å²) < 4.78 is 32.5. The molecule has 11 heteroatoms. The van der Waals surface area contributed by atoms with Crippen LogP contribution < -0.4 is 0 Å². The Kier molecular flexibility index (Phi) is 31.9. The molecule has 0 saturated carbocycles. The highest BCUT2D eigenvalue weighted by molar-refractivity contribution is 7.47. The number of hydrogen-bond acceptors (Lipinski definition) is 9. The molecule has 0 aromatic heterocycles. The Morgan fingerprint density at radius 2 is 1.04 bits per heavy atom. The summed E-state index contributed by atoms with van der Waals surface area (Å²) in [5, 5.41) is 18.2. The van der Waals surface area contributed by atoms with Gasteiger partial charge in [-0.05, 0) is 64.2 Å². The van der Waals surface area contributed by atoms with Crippen molar-refractivity contribution in [1.82, 2.24) is 0 Å². The first-order valence-electron chi connectivity index (χ1n) is 18.3. The largest absolute Gasteiger partial charge is 0.472 e. The van der Waals surface area contributed by atoms with Crippen LogP contribution in [0.4, 0.5) is 0 Å². The van der Waals surface area contributed by atoms with E-state index in [0.29, 0.717) is 12.8 Å². The second-order valence-corrected chi connectivity index (χ2v) is 13.7. The number of unbranched alkanes of at least 4 members (excludes halogenated alkanes) is 16. The van der Waals surface area contributed by atoms with Crippen LogP contribution in [0.5, 0.6) is 0 Å². The van der Waals surface area contributed by atoms with E-state index in [-0.39, 0.29) is 19.4 Å². The lowest BCUT2D eigenvalue weighted by atomic mass is 10.1. The lowest BCUT2D eigenvalue weighted by Crippen LogP contribution is -2.29. The smallest absolute Gasteiger partial charge is 0.462 e. The van der Waals surface area contributed by atoms with Crippen molar-refractivity contribution in [3.63, 3.8) is 0 Å². The van der Waals surface area contributed by atoms with Crippen molar-refractivity contribution >= 4 is 19.8 Å². The fourth-order valence-electron chi connectivity index (χ4n) is 4.69. The normalized spacial score (nSPS) is 14.4. The Hall–Kier alpha value is -1.55. The molecule has 47 heavy (non-hydrogen) atoms. The standard InChI is InChI=1S/C36H67O10P/c1-3-5-7-9-11-13-15-17-19-21-23-25-27-35(39)43-31-34(32-45-47(41,42)44-30-33(38)29-37)46-36(40)28-26-24-22-20-18-16-14-12-10-8-6-4-2/h11-14,33-34,37-38H,3-10,15-32H2,1-2H3,(H,41,42)/b13-11+,14-12+/t33-,34+/m0/s1. The Bertz CT molecular complexity index is 848. The third-order valence-electron chi connectivity index (χ3n) is 7.58. The molecule has 0 amide bonds. The molecule has 276 valence electrons. The zero-order valence-electron chi connectivity index (χ0n) is 29.5. The number of phosphoric acid groups is 1. The lowest BCUT2D eigenvalue weighted by molar-refractivity contribution is -0.161. The van der Waals surface area contributed by atoms with Gasteiger partial charge < -0.3 is 24.6 Å². The van der Waals surface area contributed by atoms with E-state index in [1.807, 2.05) is 0 Å². The molecule has 0 saturated heterocycles. The van der Waals surface area contributed by atoms with Gasteiger partial charge in [-0.2, -0.15) is 0 Å². The maximum atomic E-state index is 12.5. The Labute approximate surface area is 285 Å². The minimum absolute atomic E-state index is 0.173. The summed E-state index contributed by atoms with van der Waals surface area (Å²) in [6.07, 6.45) is 28.6. The molecule has 0 fully saturated rings. The molecule has 3 atom stereocenters. The van der Waals surface area contributed by atoms with Crippen LogP contribution in [-0.4, -0.2) is 65.7 Å². The minimum Gasteiger partial charge on any atom is -0.462 e. The molecule has 0 aliphatic heterocycles. The van der Waals surface area contributed by atoms with E-state index < -0.39 is 51.8 Å². The van der Waals surface area contributed by atoms with E-state index >= 15 is 0 Å². The molecule has 0 aliphatic carbocycles. The first-order chi connectivity index (χ1) is 22.7. The van der Waals surface area contributed by atoms with Crippen molar-refractivity contribution in [2.24, 2.45) is 0 Å². The highest BCUT2D eigenvalue weighted by Crippen LogP contribution is 2.43. The third-order valence-corrected chi connectivity index (χ3v) is 8.53. The Balaban J connectivity index is 4.42. The maximum absolute atomic E-state index is 12.5. The molecule has 10 nitrogen and oxygen atoms in total. The van der Waals surface area contributed by atoms with Gasteiger partial charge >= 0.3 is 19.8 Å². The van der Waals surface area contributed by atoms with Crippen molar-refractivity contribution < 1.29 is 47.8 Å². The van der Waals surface area contributed by atoms with E-state index in [9.17, 15) is 24.2 Å². The summed E-state index contributed by atoms with van der Waals surface area (Å²) >= 11 is 0. The molecular weight excluding hydrogens is 623 g/mol. The minimum atomic E-state index is -4.61. The van der Waals surface area contributed by atoms with E-state index in [1.165, 1.54) is 38.5 Å². The predicted octanol–water partition coefficient (Wildman–Crippen LogP) is 8.66. The number of hydrogen-bond donors (Lipinski definition) is 3. The molecule has 0 aliphatic rings. The van der Waals surface area contributed by atoms with Crippen LogP contribution in [0.3, 0.4) is 0 Å². The average Bonchev–Trinajstić information content (AvgIpc) is 3.05. The highest BCUT2D eigenvalue weighted by atomic mass is 31.2. The number of allylic oxidation sites excluding steroid dienone is 4. The molecule has 1 unspecified atom stereocenters. The Morgan fingerprint density at radius 1 is 0.617 bits per heavy atom. The first-order valence-corrected chi connectivity index (χ1v) is 19.8. The number of aliphatic hydroxyl groups excluding tert-OH is 2. The molecule has 0 heterocycles. The van der Waals surface area contributed by atoms with E-state index in [4.69, 9.17) is 19.1 Å². The summed E-state index contributed by atoms with van der Waals surface area (Å²) in [7, 11) is -4.61. The van der Waals surface area contributed by atoms with Crippen LogP contribution in [0.2, 0.25) is 0 Å². The maximum Gasteiger partial charge on any atom is 0.472 e. The van der Waals surface area contributed by atoms with Crippen LogP contribution in [0.1, 0.15) is 155 Å². The molecule has 0 bridgehead atoms. The van der Waals surface area contributed by atoms with Gasteiger partial charge in [-0.1, -0.05) is 102 Å². The van der Waals surface area contributed by atoms with Crippen molar-refractivity contribution in [3.05, 3.63) is 24.3 Å². The van der Waals surface area contributed by atoms with Gasteiger partial charge in [0.05, 0.1) is 19.8 Å². The van der Waals surface area contributed by atoms with Crippen LogP contribution in [0.25, 0.3) is 0 Å². The van der Waals surface area contributed by atoms with Crippen molar-refractivity contribution in [2.75, 3.05) is 26.4 Å². The monoisotopic (exact) mass is 690 g/mol. The Morgan fingerprint density at radius 3 is 1.53 bits per heavy atom. The molecule has 3 N–H and O–H groups in total. The van der Waals surface area contributed by atoms with Crippen LogP contribution in [0.15, 0.2) is 24.3 Å². The number of carbonyl (C=O) groups is 2. The highest BCUT2D eigenvalue weighted by Gasteiger charge is 2.27. The second kappa shape index (κ2) is 33.0. The van der Waals surface area contributed by atoms with Gasteiger partial charge in [-0.3, -0.25) is 18.6 Å². The van der Waals surface area contributed by atoms with Gasteiger partial charge in [0.15, 0.2) is 6.10 Å². The predicted molar refractivity (Wildman–Crippen MR) is 187 cm³/mol. The second-order valence-electron chi connectivity index (χ2n) is 12.2. The quantitative estimate of drug-likeness (QED) is 0.0259. The van der Waals surface area contributed by atoms with Crippen molar-refractivity contribution in [1.29, 1.82) is 0 Å². The van der Waals surface area contributed by atoms with Gasteiger partial charge in [0, 0.05) is 12.8 Å². The van der Waals surface area contributed by atoms with Crippen LogP contribution >= 0.6 is 7.82 Å².